The van der Waals surface area contributed by atoms with Crippen LogP contribution in [0.3, 0.4) is 0 Å². The van der Waals surface area contributed by atoms with E-state index in [4.69, 9.17) is 0 Å². The maximum atomic E-state index is 13.8. The van der Waals surface area contributed by atoms with Crippen LogP contribution in [0.15, 0.2) is 42.5 Å². The molecule has 0 saturated heterocycles. The summed E-state index contributed by atoms with van der Waals surface area (Å²) in [6, 6.07) is 10.1. The summed E-state index contributed by atoms with van der Waals surface area (Å²) < 4.78 is 26.8. The van der Waals surface area contributed by atoms with Crippen LogP contribution in [-0.4, -0.2) is 11.9 Å². The third kappa shape index (κ3) is 4.61. The molecule has 2 aromatic carbocycles. The molecule has 0 bridgehead atoms. The van der Waals surface area contributed by atoms with Gasteiger partial charge in [-0.15, -0.1) is 0 Å². The van der Waals surface area contributed by atoms with Gasteiger partial charge in [0.25, 0.3) is 0 Å². The van der Waals surface area contributed by atoms with Crippen LogP contribution in [0.25, 0.3) is 0 Å². The molecule has 24 heavy (non-hydrogen) atoms. The van der Waals surface area contributed by atoms with Gasteiger partial charge < -0.3 is 5.32 Å². The molecule has 0 aliphatic carbocycles. The lowest BCUT2D eigenvalue weighted by atomic mass is 10.1. The van der Waals surface area contributed by atoms with Crippen LogP contribution < -0.4 is 10.6 Å². The van der Waals surface area contributed by atoms with E-state index in [2.05, 4.69) is 17.6 Å². The van der Waals surface area contributed by atoms with Gasteiger partial charge in [0, 0.05) is 23.4 Å². The molecule has 2 aromatic rings. The van der Waals surface area contributed by atoms with Gasteiger partial charge in [0.2, 0.25) is 5.91 Å². The second-order valence-corrected chi connectivity index (χ2v) is 5.82. The smallest absolute Gasteiger partial charge is 0.241 e. The van der Waals surface area contributed by atoms with Gasteiger partial charge in [0.15, 0.2) is 0 Å². The molecule has 0 spiro atoms. The number of amides is 1. The van der Waals surface area contributed by atoms with Gasteiger partial charge in [-0.1, -0.05) is 25.1 Å². The van der Waals surface area contributed by atoms with Gasteiger partial charge in [0.1, 0.15) is 11.6 Å². The Morgan fingerprint density at radius 1 is 1.08 bits per heavy atom. The van der Waals surface area contributed by atoms with Crippen molar-refractivity contribution in [1.82, 2.24) is 5.32 Å². The lowest BCUT2D eigenvalue weighted by Crippen LogP contribution is -2.39. The van der Waals surface area contributed by atoms with Crippen LogP contribution in [0, 0.1) is 11.6 Å². The largest absolute Gasteiger partial charge is 0.325 e. The summed E-state index contributed by atoms with van der Waals surface area (Å²) in [7, 11) is 0. The Balaban J connectivity index is 1.97. The molecule has 0 radical (unpaired) electrons. The number of benzene rings is 2. The normalized spacial score (nSPS) is 13.4. The lowest BCUT2D eigenvalue weighted by Gasteiger charge is -2.20. The van der Waals surface area contributed by atoms with Crippen molar-refractivity contribution >= 4 is 11.6 Å². The van der Waals surface area contributed by atoms with E-state index >= 15 is 0 Å². The maximum absolute atomic E-state index is 13.8. The second-order valence-electron chi connectivity index (χ2n) is 5.82. The Morgan fingerprint density at radius 2 is 1.75 bits per heavy atom. The summed E-state index contributed by atoms with van der Waals surface area (Å²) >= 11 is 0. The van der Waals surface area contributed by atoms with E-state index in [1.54, 1.807) is 13.8 Å². The van der Waals surface area contributed by atoms with Crippen LogP contribution in [0.5, 0.6) is 0 Å². The Hall–Kier alpha value is -2.27. The van der Waals surface area contributed by atoms with Gasteiger partial charge in [-0.2, -0.15) is 0 Å². The van der Waals surface area contributed by atoms with E-state index in [0.29, 0.717) is 11.3 Å². The van der Waals surface area contributed by atoms with Crippen LogP contribution in [-0.2, 0) is 11.2 Å². The second kappa shape index (κ2) is 8.02. The Kier molecular flexibility index (Phi) is 6.04. The Bertz CT molecular complexity index is 701. The zero-order valence-corrected chi connectivity index (χ0v) is 14.1. The first-order chi connectivity index (χ1) is 11.4. The molecular weight excluding hydrogens is 310 g/mol. The number of anilines is 1. The van der Waals surface area contributed by atoms with Gasteiger partial charge in [0.05, 0.1) is 6.04 Å². The molecule has 3 nitrogen and oxygen atoms in total. The van der Waals surface area contributed by atoms with Gasteiger partial charge in [-0.05, 0) is 44.0 Å². The highest BCUT2D eigenvalue weighted by Crippen LogP contribution is 2.18. The highest BCUT2D eigenvalue weighted by Gasteiger charge is 2.18. The number of aryl methyl sites for hydroxylation is 1. The van der Waals surface area contributed by atoms with Crippen LogP contribution in [0.2, 0.25) is 0 Å². The Labute approximate surface area is 141 Å². The molecule has 0 saturated carbocycles. The van der Waals surface area contributed by atoms with E-state index in [9.17, 15) is 13.6 Å². The molecule has 0 aliphatic heterocycles. The van der Waals surface area contributed by atoms with Crippen LogP contribution in [0.1, 0.15) is 37.9 Å². The van der Waals surface area contributed by atoms with E-state index < -0.39 is 23.7 Å². The van der Waals surface area contributed by atoms with Crippen LogP contribution in [0.4, 0.5) is 14.5 Å². The molecule has 0 heterocycles. The number of halogens is 2. The molecule has 5 heteroatoms. The number of carbonyl (C=O) groups excluding carboxylic acids is 1. The highest BCUT2D eigenvalue weighted by molar-refractivity contribution is 5.94. The summed E-state index contributed by atoms with van der Waals surface area (Å²) in [5.74, 6) is -1.46. The molecule has 2 N–H and O–H groups in total. The van der Waals surface area contributed by atoms with Crippen molar-refractivity contribution in [3.63, 3.8) is 0 Å². The minimum atomic E-state index is -0.627. The number of hydrogen-bond acceptors (Lipinski definition) is 2. The standard InChI is InChI=1S/C19H22F2N2O/c1-4-14-5-8-16(9-6-14)23-19(24)13(3)22-12(2)17-10-7-15(20)11-18(17)21/h5-13,22H,4H2,1-3H3,(H,23,24)/t12-,13+/m1/s1. The predicted octanol–water partition coefficient (Wildman–Crippen LogP) is 4.21. The molecule has 1 amide bonds. The predicted molar refractivity (Wildman–Crippen MR) is 91.8 cm³/mol. The molecular formula is C19H22F2N2O. The summed E-state index contributed by atoms with van der Waals surface area (Å²) in [6.07, 6.45) is 0.937. The van der Waals surface area contributed by atoms with Crippen molar-refractivity contribution in [2.75, 3.05) is 5.32 Å². The van der Waals surface area contributed by atoms with Gasteiger partial charge >= 0.3 is 0 Å². The van der Waals surface area contributed by atoms with Crippen molar-refractivity contribution < 1.29 is 13.6 Å². The minimum absolute atomic E-state index is 0.214. The average molecular weight is 332 g/mol. The molecule has 0 aromatic heterocycles. The van der Waals surface area contributed by atoms with E-state index in [1.165, 1.54) is 17.7 Å². The first-order valence-electron chi connectivity index (χ1n) is 8.01. The van der Waals surface area contributed by atoms with Gasteiger partial charge in [-0.3, -0.25) is 10.1 Å². The molecule has 2 rings (SSSR count). The first-order valence-corrected chi connectivity index (χ1v) is 8.01. The van der Waals surface area contributed by atoms with Gasteiger partial charge in [-0.25, -0.2) is 8.78 Å². The topological polar surface area (TPSA) is 41.1 Å². The summed E-state index contributed by atoms with van der Waals surface area (Å²) in [5.41, 5.74) is 2.23. The monoisotopic (exact) mass is 332 g/mol. The van der Waals surface area contributed by atoms with Crippen molar-refractivity contribution in [3.8, 4) is 0 Å². The van der Waals surface area contributed by atoms with Crippen molar-refractivity contribution in [2.24, 2.45) is 0 Å². The number of carbonyl (C=O) groups is 1. The van der Waals surface area contributed by atoms with Crippen molar-refractivity contribution in [3.05, 3.63) is 65.2 Å². The third-order valence-corrected chi connectivity index (χ3v) is 3.95. The van der Waals surface area contributed by atoms with E-state index in [-0.39, 0.29) is 5.91 Å². The first kappa shape index (κ1) is 18.1. The molecule has 0 unspecified atom stereocenters. The zero-order valence-electron chi connectivity index (χ0n) is 14.1. The van der Waals surface area contributed by atoms with E-state index in [1.807, 2.05) is 24.3 Å². The highest BCUT2D eigenvalue weighted by atomic mass is 19.1. The fourth-order valence-corrected chi connectivity index (χ4v) is 2.47. The van der Waals surface area contributed by atoms with E-state index in [0.717, 1.165) is 12.5 Å². The van der Waals surface area contributed by atoms with Crippen molar-refractivity contribution in [1.29, 1.82) is 0 Å². The summed E-state index contributed by atoms with van der Waals surface area (Å²) in [4.78, 5) is 12.2. The quantitative estimate of drug-likeness (QED) is 0.832. The Morgan fingerprint density at radius 3 is 2.33 bits per heavy atom. The average Bonchev–Trinajstić information content (AvgIpc) is 2.55. The maximum Gasteiger partial charge on any atom is 0.241 e. The third-order valence-electron chi connectivity index (χ3n) is 3.95. The fourth-order valence-electron chi connectivity index (χ4n) is 2.47. The zero-order chi connectivity index (χ0) is 17.7. The SMILES string of the molecule is CCc1ccc(NC(=O)[C@H](C)N[C@H](C)c2ccc(F)cc2F)cc1. The fraction of sp³-hybridized carbons (Fsp3) is 0.316. The molecule has 128 valence electrons. The number of nitrogens with one attached hydrogen (secondary N) is 2. The lowest BCUT2D eigenvalue weighted by molar-refractivity contribution is -0.117. The van der Waals surface area contributed by atoms with Crippen LogP contribution >= 0.6 is 0 Å². The van der Waals surface area contributed by atoms with Crippen molar-refractivity contribution in [2.45, 2.75) is 39.3 Å². The molecule has 0 aliphatic rings. The molecule has 2 atom stereocenters. The minimum Gasteiger partial charge on any atom is -0.325 e. The number of rotatable bonds is 6. The summed E-state index contributed by atoms with van der Waals surface area (Å²) in [5, 5.41) is 5.84. The summed E-state index contributed by atoms with van der Waals surface area (Å²) in [6.45, 7) is 5.50. The number of hydrogen-bond donors (Lipinski definition) is 2. The molecule has 0 fully saturated rings.